The minimum absolute atomic E-state index is 1.01. The smallest absolute Gasteiger partial charge is 0.0677 e. The number of nitrogens with one attached hydrogen (secondary N) is 1. The molecule has 1 aromatic heterocycles. The molecule has 35 heavy (non-hydrogen) atoms. The Bertz CT molecular complexity index is 1060. The van der Waals surface area contributed by atoms with Crippen LogP contribution >= 0.6 is 0 Å². The fourth-order valence-corrected chi connectivity index (χ4v) is 5.25. The predicted molar refractivity (Wildman–Crippen MR) is 148 cm³/mol. The monoisotopic (exact) mass is 473 g/mol. The van der Waals surface area contributed by atoms with Crippen LogP contribution in [-0.2, 0) is 19.3 Å². The fourth-order valence-electron chi connectivity index (χ4n) is 5.25. The van der Waals surface area contributed by atoms with E-state index in [4.69, 9.17) is 5.10 Å². The molecule has 0 atom stereocenters. The van der Waals surface area contributed by atoms with Gasteiger partial charge in [0.25, 0.3) is 0 Å². The number of anilines is 1. The van der Waals surface area contributed by atoms with Crippen LogP contribution in [0, 0.1) is 13.8 Å². The van der Waals surface area contributed by atoms with Crippen LogP contribution in [0.15, 0.2) is 48.5 Å². The summed E-state index contributed by atoms with van der Waals surface area (Å²) in [5.41, 5.74) is 9.52. The molecule has 5 nitrogen and oxygen atoms in total. The first kappa shape index (κ1) is 25.5. The quantitative estimate of drug-likeness (QED) is 0.400. The highest BCUT2D eigenvalue weighted by atomic mass is 15.3. The highest BCUT2D eigenvalue weighted by molar-refractivity contribution is 5.56. The summed E-state index contributed by atoms with van der Waals surface area (Å²) in [5.74, 6) is 0. The number of aryl methyl sites for hydroxylation is 1. The van der Waals surface area contributed by atoms with Crippen LogP contribution in [0.2, 0.25) is 0 Å². The van der Waals surface area contributed by atoms with Crippen molar-refractivity contribution in [2.75, 3.05) is 50.7 Å². The molecule has 1 saturated heterocycles. The van der Waals surface area contributed by atoms with E-state index in [1.54, 1.807) is 0 Å². The maximum absolute atomic E-state index is 5.20. The van der Waals surface area contributed by atoms with E-state index in [0.717, 1.165) is 71.5 Å². The van der Waals surface area contributed by atoms with Gasteiger partial charge in [0.1, 0.15) is 0 Å². The largest absolute Gasteiger partial charge is 0.369 e. The molecular weight excluding hydrogens is 430 g/mol. The molecule has 1 aliphatic rings. The van der Waals surface area contributed by atoms with Crippen LogP contribution in [0.3, 0.4) is 0 Å². The lowest BCUT2D eigenvalue weighted by Crippen LogP contribution is -2.47. The van der Waals surface area contributed by atoms with Crippen LogP contribution in [0.5, 0.6) is 0 Å². The van der Waals surface area contributed by atoms with Gasteiger partial charge in [0.05, 0.1) is 11.4 Å². The first-order valence-corrected chi connectivity index (χ1v) is 13.5. The summed E-state index contributed by atoms with van der Waals surface area (Å²) in [6.07, 6.45) is 4.26. The third-order valence-electron chi connectivity index (χ3n) is 7.42. The van der Waals surface area contributed by atoms with Crippen LogP contribution in [0.1, 0.15) is 48.3 Å². The van der Waals surface area contributed by atoms with Crippen molar-refractivity contribution in [3.05, 3.63) is 76.6 Å². The normalized spacial score (nSPS) is 14.6. The van der Waals surface area contributed by atoms with Crippen molar-refractivity contribution < 1.29 is 0 Å². The van der Waals surface area contributed by atoms with Crippen LogP contribution < -0.4 is 10.2 Å². The van der Waals surface area contributed by atoms with E-state index in [1.165, 1.54) is 39.5 Å². The molecule has 188 valence electrons. The molecule has 0 spiro atoms. The van der Waals surface area contributed by atoms with E-state index in [2.05, 4.69) is 96.0 Å². The highest BCUT2D eigenvalue weighted by Gasteiger charge is 2.22. The van der Waals surface area contributed by atoms with Gasteiger partial charge in [-0.2, -0.15) is 5.10 Å². The molecule has 5 heteroatoms. The Morgan fingerprint density at radius 1 is 0.857 bits per heavy atom. The molecule has 0 amide bonds. The van der Waals surface area contributed by atoms with Gasteiger partial charge in [0.2, 0.25) is 0 Å². The zero-order valence-corrected chi connectivity index (χ0v) is 22.2. The zero-order valence-electron chi connectivity index (χ0n) is 22.2. The average Bonchev–Trinajstić information content (AvgIpc) is 3.23. The molecule has 0 unspecified atom stereocenters. The standard InChI is InChI=1S/C30H43N5/c1-5-11-30-27(16-18-31-6-2)28(32-35(30)26-13-8-7-9-14-26)17-19-33-20-22-34(23-21-33)29-15-10-12-24(3)25(29)4/h7-10,12-15,31H,5-6,11,16-23H2,1-4H3. The lowest BCUT2D eigenvalue weighted by Gasteiger charge is -2.37. The third-order valence-corrected chi connectivity index (χ3v) is 7.42. The van der Waals surface area contributed by atoms with Crippen molar-refractivity contribution in [1.82, 2.24) is 20.0 Å². The summed E-state index contributed by atoms with van der Waals surface area (Å²) < 4.78 is 2.22. The molecule has 0 saturated carbocycles. The van der Waals surface area contributed by atoms with Gasteiger partial charge in [-0.1, -0.05) is 50.6 Å². The van der Waals surface area contributed by atoms with Gasteiger partial charge in [0, 0.05) is 50.5 Å². The second kappa shape index (κ2) is 12.4. The second-order valence-electron chi connectivity index (χ2n) is 9.77. The van der Waals surface area contributed by atoms with E-state index in [0.29, 0.717) is 0 Å². The molecule has 0 radical (unpaired) electrons. The van der Waals surface area contributed by atoms with Gasteiger partial charge in [0.15, 0.2) is 0 Å². The topological polar surface area (TPSA) is 36.3 Å². The summed E-state index contributed by atoms with van der Waals surface area (Å²) in [6.45, 7) is 16.4. The number of aromatic nitrogens is 2. The minimum atomic E-state index is 1.01. The van der Waals surface area contributed by atoms with E-state index in [-0.39, 0.29) is 0 Å². The van der Waals surface area contributed by atoms with Gasteiger partial charge >= 0.3 is 0 Å². The highest BCUT2D eigenvalue weighted by Crippen LogP contribution is 2.25. The van der Waals surface area contributed by atoms with Gasteiger partial charge in [-0.05, 0) is 74.7 Å². The van der Waals surface area contributed by atoms with Crippen LogP contribution in [0.25, 0.3) is 5.69 Å². The average molecular weight is 474 g/mol. The summed E-state index contributed by atoms with van der Waals surface area (Å²) >= 11 is 0. The van der Waals surface area contributed by atoms with Crippen molar-refractivity contribution in [1.29, 1.82) is 0 Å². The molecule has 0 aliphatic carbocycles. The molecule has 2 heterocycles. The van der Waals surface area contributed by atoms with E-state index >= 15 is 0 Å². The summed E-state index contributed by atoms with van der Waals surface area (Å²) in [6, 6.07) is 17.3. The van der Waals surface area contributed by atoms with E-state index in [9.17, 15) is 0 Å². The van der Waals surface area contributed by atoms with E-state index in [1.807, 2.05) is 0 Å². The SMILES string of the molecule is CCCc1c(CCNCC)c(CCN2CCN(c3cccc(C)c3C)CC2)nn1-c1ccccc1. The van der Waals surface area contributed by atoms with Gasteiger partial charge < -0.3 is 10.2 Å². The first-order chi connectivity index (χ1) is 17.1. The molecule has 1 N–H and O–H groups in total. The predicted octanol–water partition coefficient (Wildman–Crippen LogP) is 4.96. The first-order valence-electron chi connectivity index (χ1n) is 13.5. The summed E-state index contributed by atoms with van der Waals surface area (Å²) in [4.78, 5) is 5.18. The Balaban J connectivity index is 1.47. The zero-order chi connectivity index (χ0) is 24.6. The van der Waals surface area contributed by atoms with Crippen molar-refractivity contribution in [2.45, 2.75) is 53.4 Å². The maximum Gasteiger partial charge on any atom is 0.0677 e. The lowest BCUT2D eigenvalue weighted by molar-refractivity contribution is 0.260. The number of rotatable bonds is 11. The van der Waals surface area contributed by atoms with Crippen LogP contribution in [0.4, 0.5) is 5.69 Å². The number of hydrogen-bond donors (Lipinski definition) is 1. The van der Waals surface area contributed by atoms with Crippen LogP contribution in [-0.4, -0.2) is 60.5 Å². The van der Waals surface area contributed by atoms with Crippen molar-refractivity contribution in [3.8, 4) is 5.69 Å². The van der Waals surface area contributed by atoms with Gasteiger partial charge in [-0.25, -0.2) is 4.68 Å². The number of piperazine rings is 1. The maximum atomic E-state index is 5.20. The molecule has 0 bridgehead atoms. The number of benzene rings is 2. The molecule has 1 aliphatic heterocycles. The van der Waals surface area contributed by atoms with Crippen molar-refractivity contribution >= 4 is 5.69 Å². The van der Waals surface area contributed by atoms with Crippen molar-refractivity contribution in [2.24, 2.45) is 0 Å². The Morgan fingerprint density at radius 2 is 1.63 bits per heavy atom. The fraction of sp³-hybridized carbons (Fsp3) is 0.500. The Kier molecular flexibility index (Phi) is 9.00. The Labute approximate surface area is 212 Å². The number of hydrogen-bond acceptors (Lipinski definition) is 4. The number of nitrogens with zero attached hydrogens (tertiary/aromatic N) is 4. The third kappa shape index (κ3) is 6.14. The molecule has 3 aromatic rings. The van der Waals surface area contributed by atoms with Gasteiger partial charge in [-0.15, -0.1) is 0 Å². The second-order valence-corrected chi connectivity index (χ2v) is 9.77. The molecule has 2 aromatic carbocycles. The number of para-hydroxylation sites is 1. The molecule has 4 rings (SSSR count). The molecule has 1 fully saturated rings. The Hall–Kier alpha value is -2.63. The number of likely N-dealkylation sites (N-methyl/N-ethyl adjacent to an activating group) is 1. The molecular formula is C30H43N5. The van der Waals surface area contributed by atoms with Crippen molar-refractivity contribution in [3.63, 3.8) is 0 Å². The lowest BCUT2D eigenvalue weighted by atomic mass is 10.0. The Morgan fingerprint density at radius 3 is 2.34 bits per heavy atom. The minimum Gasteiger partial charge on any atom is -0.369 e. The van der Waals surface area contributed by atoms with Gasteiger partial charge in [-0.3, -0.25) is 4.90 Å². The summed E-state index contributed by atoms with van der Waals surface area (Å²) in [7, 11) is 0. The summed E-state index contributed by atoms with van der Waals surface area (Å²) in [5, 5.41) is 8.72. The van der Waals surface area contributed by atoms with E-state index < -0.39 is 0 Å².